The normalized spacial score (nSPS) is 10.8. The number of ether oxygens (including phenoxy) is 1. The highest BCUT2D eigenvalue weighted by Crippen LogP contribution is 2.26. The Kier molecular flexibility index (Phi) is 4.51. The van der Waals surface area contributed by atoms with E-state index in [4.69, 9.17) is 9.15 Å². The van der Waals surface area contributed by atoms with E-state index in [1.165, 1.54) is 5.56 Å². The molecule has 0 unspecified atom stereocenters. The van der Waals surface area contributed by atoms with Gasteiger partial charge in [-0.3, -0.25) is 4.79 Å². The Labute approximate surface area is 140 Å². The van der Waals surface area contributed by atoms with Gasteiger partial charge >= 0.3 is 0 Å². The molecule has 2 aromatic heterocycles. The number of fused-ring (bicyclic) bond motifs is 1. The number of benzene rings is 1. The third-order valence-electron chi connectivity index (χ3n) is 4.19. The van der Waals surface area contributed by atoms with Crippen molar-refractivity contribution in [3.05, 3.63) is 59.0 Å². The highest BCUT2D eigenvalue weighted by Gasteiger charge is 2.12. The number of hydrogen-bond donors (Lipinski definition) is 1. The molecule has 1 amide bonds. The molecule has 3 rings (SSSR count). The minimum absolute atomic E-state index is 0.0493. The van der Waals surface area contributed by atoms with E-state index >= 15 is 0 Å². The van der Waals surface area contributed by atoms with Crippen LogP contribution in [0.25, 0.3) is 11.0 Å². The van der Waals surface area contributed by atoms with E-state index in [2.05, 4.69) is 16.4 Å². The maximum absolute atomic E-state index is 12.2. The molecule has 124 valence electrons. The van der Waals surface area contributed by atoms with Gasteiger partial charge < -0.3 is 14.5 Å². The predicted molar refractivity (Wildman–Crippen MR) is 92.0 cm³/mol. The van der Waals surface area contributed by atoms with Crippen molar-refractivity contribution in [2.24, 2.45) is 0 Å². The van der Waals surface area contributed by atoms with Crippen molar-refractivity contribution in [1.29, 1.82) is 0 Å². The van der Waals surface area contributed by atoms with Gasteiger partial charge in [0.1, 0.15) is 5.58 Å². The molecule has 0 aliphatic rings. The Morgan fingerprint density at radius 2 is 2.12 bits per heavy atom. The Morgan fingerprint density at radius 3 is 2.92 bits per heavy atom. The minimum atomic E-state index is -0.0493. The fourth-order valence-corrected chi connectivity index (χ4v) is 2.63. The number of nitrogens with one attached hydrogen (secondary N) is 1. The van der Waals surface area contributed by atoms with Crippen LogP contribution in [-0.2, 0) is 17.8 Å². The van der Waals surface area contributed by atoms with E-state index in [-0.39, 0.29) is 12.3 Å². The number of amides is 1. The third kappa shape index (κ3) is 3.25. The molecular formula is C19H20N2O3. The average Bonchev–Trinajstić information content (AvgIpc) is 3.00. The molecule has 1 aromatic carbocycles. The number of aryl methyl sites for hydroxylation is 2. The molecule has 0 radical (unpaired) electrons. The van der Waals surface area contributed by atoms with Crippen molar-refractivity contribution in [3.8, 4) is 5.88 Å². The molecule has 0 bridgehead atoms. The molecule has 0 aliphatic heterocycles. The zero-order valence-electron chi connectivity index (χ0n) is 14.1. The van der Waals surface area contributed by atoms with Crippen LogP contribution in [0, 0.1) is 13.8 Å². The van der Waals surface area contributed by atoms with Crippen LogP contribution in [0.3, 0.4) is 0 Å². The van der Waals surface area contributed by atoms with Gasteiger partial charge in [-0.05, 0) is 36.6 Å². The van der Waals surface area contributed by atoms with E-state index < -0.39 is 0 Å². The van der Waals surface area contributed by atoms with Gasteiger partial charge in [0.05, 0.1) is 19.8 Å². The summed E-state index contributed by atoms with van der Waals surface area (Å²) in [5.41, 5.74) is 5.00. The van der Waals surface area contributed by atoms with Crippen LogP contribution in [0.5, 0.6) is 5.88 Å². The van der Waals surface area contributed by atoms with E-state index in [1.807, 2.05) is 26.0 Å². The van der Waals surface area contributed by atoms with Gasteiger partial charge in [-0.25, -0.2) is 4.98 Å². The van der Waals surface area contributed by atoms with Gasteiger partial charge in [0.2, 0.25) is 11.8 Å². The van der Waals surface area contributed by atoms with Gasteiger partial charge in [0, 0.05) is 29.8 Å². The van der Waals surface area contributed by atoms with Crippen LogP contribution in [0.4, 0.5) is 0 Å². The average molecular weight is 324 g/mol. The molecule has 2 heterocycles. The quantitative estimate of drug-likeness (QED) is 0.782. The highest BCUT2D eigenvalue weighted by atomic mass is 16.5. The first-order valence-corrected chi connectivity index (χ1v) is 7.80. The van der Waals surface area contributed by atoms with Gasteiger partial charge in [-0.15, -0.1) is 0 Å². The number of hydrogen-bond acceptors (Lipinski definition) is 4. The minimum Gasteiger partial charge on any atom is -0.481 e. The fourth-order valence-electron chi connectivity index (χ4n) is 2.63. The van der Waals surface area contributed by atoms with Crippen molar-refractivity contribution >= 4 is 16.9 Å². The summed E-state index contributed by atoms with van der Waals surface area (Å²) in [4.78, 5) is 16.3. The second-order valence-corrected chi connectivity index (χ2v) is 5.81. The van der Waals surface area contributed by atoms with Crippen LogP contribution in [0.2, 0.25) is 0 Å². The largest absolute Gasteiger partial charge is 0.481 e. The van der Waals surface area contributed by atoms with Crippen molar-refractivity contribution in [2.45, 2.75) is 26.8 Å². The lowest BCUT2D eigenvalue weighted by molar-refractivity contribution is -0.120. The molecule has 0 saturated carbocycles. The molecule has 5 heteroatoms. The third-order valence-corrected chi connectivity index (χ3v) is 4.19. The first-order valence-electron chi connectivity index (χ1n) is 7.80. The van der Waals surface area contributed by atoms with Crippen molar-refractivity contribution < 1.29 is 13.9 Å². The van der Waals surface area contributed by atoms with Crippen LogP contribution >= 0.6 is 0 Å². The highest BCUT2D eigenvalue weighted by molar-refractivity contribution is 5.89. The van der Waals surface area contributed by atoms with Crippen molar-refractivity contribution in [2.75, 3.05) is 7.11 Å². The van der Waals surface area contributed by atoms with Gasteiger partial charge in [0.15, 0.2) is 0 Å². The summed E-state index contributed by atoms with van der Waals surface area (Å²) in [7, 11) is 1.57. The number of methoxy groups -OCH3 is 1. The SMILES string of the molecule is COc1cc(CNC(=O)Cc2coc3c(C)c(C)ccc23)ccn1. The van der Waals surface area contributed by atoms with Crippen LogP contribution in [0.1, 0.15) is 22.3 Å². The molecule has 5 nitrogen and oxygen atoms in total. The Morgan fingerprint density at radius 1 is 1.29 bits per heavy atom. The lowest BCUT2D eigenvalue weighted by atomic mass is 10.0. The second-order valence-electron chi connectivity index (χ2n) is 5.81. The molecule has 0 spiro atoms. The number of rotatable bonds is 5. The number of carbonyl (C=O) groups is 1. The zero-order chi connectivity index (χ0) is 17.1. The first-order chi connectivity index (χ1) is 11.6. The number of nitrogens with zero attached hydrogens (tertiary/aromatic N) is 1. The summed E-state index contributed by atoms with van der Waals surface area (Å²) in [5.74, 6) is 0.486. The molecule has 0 saturated heterocycles. The number of aromatic nitrogens is 1. The molecule has 1 N–H and O–H groups in total. The molecule has 3 aromatic rings. The van der Waals surface area contributed by atoms with Gasteiger partial charge in [0.25, 0.3) is 0 Å². The molecule has 0 atom stereocenters. The molecule has 24 heavy (non-hydrogen) atoms. The monoisotopic (exact) mass is 324 g/mol. The maximum Gasteiger partial charge on any atom is 0.224 e. The molecular weight excluding hydrogens is 304 g/mol. The van der Waals surface area contributed by atoms with Gasteiger partial charge in [-0.2, -0.15) is 0 Å². The Balaban J connectivity index is 1.68. The lowest BCUT2D eigenvalue weighted by Crippen LogP contribution is -2.24. The van der Waals surface area contributed by atoms with Crippen LogP contribution < -0.4 is 10.1 Å². The second kappa shape index (κ2) is 6.74. The van der Waals surface area contributed by atoms with E-state index in [1.54, 1.807) is 25.6 Å². The standard InChI is InChI=1S/C19H20N2O3/c1-12-4-5-16-15(11-24-19(16)13(12)2)9-17(22)21-10-14-6-7-20-18(8-14)23-3/h4-8,11H,9-10H2,1-3H3,(H,21,22). The summed E-state index contributed by atoms with van der Waals surface area (Å²) in [6.07, 6.45) is 3.62. The molecule has 0 aliphatic carbocycles. The van der Waals surface area contributed by atoms with Crippen LogP contribution in [0.15, 0.2) is 41.1 Å². The Bertz CT molecular complexity index is 883. The Hall–Kier alpha value is -2.82. The lowest BCUT2D eigenvalue weighted by Gasteiger charge is -2.06. The van der Waals surface area contributed by atoms with Crippen molar-refractivity contribution in [1.82, 2.24) is 10.3 Å². The van der Waals surface area contributed by atoms with Gasteiger partial charge in [-0.1, -0.05) is 12.1 Å². The van der Waals surface area contributed by atoms with Crippen LogP contribution in [-0.4, -0.2) is 18.0 Å². The summed E-state index contributed by atoms with van der Waals surface area (Å²) >= 11 is 0. The number of carbonyl (C=O) groups excluding carboxylic acids is 1. The fraction of sp³-hybridized carbons (Fsp3) is 0.263. The first kappa shape index (κ1) is 16.1. The molecule has 0 fully saturated rings. The summed E-state index contributed by atoms with van der Waals surface area (Å²) in [6.45, 7) is 4.51. The van der Waals surface area contributed by atoms with E-state index in [0.717, 1.165) is 27.7 Å². The maximum atomic E-state index is 12.2. The number of pyridine rings is 1. The zero-order valence-corrected chi connectivity index (χ0v) is 14.1. The topological polar surface area (TPSA) is 64.4 Å². The summed E-state index contributed by atoms with van der Waals surface area (Å²) in [6, 6.07) is 7.72. The number of furan rings is 1. The van der Waals surface area contributed by atoms with Crippen molar-refractivity contribution in [3.63, 3.8) is 0 Å². The summed E-state index contributed by atoms with van der Waals surface area (Å²) < 4.78 is 10.7. The predicted octanol–water partition coefficient (Wildman–Crippen LogP) is 3.31. The van der Waals surface area contributed by atoms with E-state index in [9.17, 15) is 4.79 Å². The smallest absolute Gasteiger partial charge is 0.224 e. The van der Waals surface area contributed by atoms with E-state index in [0.29, 0.717) is 12.4 Å². The summed E-state index contributed by atoms with van der Waals surface area (Å²) in [5, 5.41) is 3.91.